The van der Waals surface area contributed by atoms with Gasteiger partial charge in [-0.2, -0.15) is 0 Å². The molecule has 1 amide bonds. The standard InChI is InChI=1S/C20H24FN3O3.C2H6/c1-5-13-15(21)7-6-8-17(13)26-18-14-9-10-24(11-16(14)22-12-23-18)19(25)27-20(2,3)4;1-2/h6-8,12H,5,9-11H2,1-4H3;1-2H3. The van der Waals surface area contributed by atoms with Gasteiger partial charge in [0, 0.05) is 17.7 Å². The van der Waals surface area contributed by atoms with Gasteiger partial charge in [0.25, 0.3) is 0 Å². The number of nitrogens with zero attached hydrogens (tertiary/aromatic N) is 3. The van der Waals surface area contributed by atoms with Gasteiger partial charge in [-0.1, -0.05) is 26.8 Å². The molecule has 0 bridgehead atoms. The summed E-state index contributed by atoms with van der Waals surface area (Å²) in [5.74, 6) is 0.561. The minimum Gasteiger partial charge on any atom is -0.444 e. The number of hydrogen-bond donors (Lipinski definition) is 0. The average molecular weight is 403 g/mol. The Morgan fingerprint density at radius 3 is 2.62 bits per heavy atom. The van der Waals surface area contributed by atoms with Crippen LogP contribution in [0.15, 0.2) is 24.5 Å². The number of ether oxygens (including phenoxy) is 2. The van der Waals surface area contributed by atoms with Crippen LogP contribution in [-0.4, -0.2) is 33.1 Å². The van der Waals surface area contributed by atoms with E-state index in [0.717, 1.165) is 5.56 Å². The van der Waals surface area contributed by atoms with Gasteiger partial charge >= 0.3 is 6.09 Å². The molecule has 29 heavy (non-hydrogen) atoms. The minimum absolute atomic E-state index is 0.297. The number of carbonyl (C=O) groups excluding carboxylic acids is 1. The fraction of sp³-hybridized carbons (Fsp3) is 0.500. The largest absolute Gasteiger partial charge is 0.444 e. The third kappa shape index (κ3) is 5.65. The Balaban J connectivity index is 0.00000145. The topological polar surface area (TPSA) is 64.6 Å². The van der Waals surface area contributed by atoms with Crippen molar-refractivity contribution < 1.29 is 18.7 Å². The molecule has 0 atom stereocenters. The molecule has 158 valence electrons. The number of carbonyl (C=O) groups is 1. The molecule has 6 nitrogen and oxygen atoms in total. The number of benzene rings is 1. The Bertz CT molecular complexity index is 850. The molecule has 1 aliphatic heterocycles. The molecule has 2 heterocycles. The fourth-order valence-electron chi connectivity index (χ4n) is 2.98. The monoisotopic (exact) mass is 403 g/mol. The number of aromatic nitrogens is 2. The van der Waals surface area contributed by atoms with E-state index in [9.17, 15) is 9.18 Å². The van der Waals surface area contributed by atoms with E-state index in [4.69, 9.17) is 9.47 Å². The minimum atomic E-state index is -0.550. The second kappa shape index (κ2) is 9.67. The van der Waals surface area contributed by atoms with Crippen molar-refractivity contribution in [1.82, 2.24) is 14.9 Å². The number of hydrogen-bond acceptors (Lipinski definition) is 5. The lowest BCUT2D eigenvalue weighted by molar-refractivity contribution is 0.0219. The Morgan fingerprint density at radius 2 is 1.97 bits per heavy atom. The van der Waals surface area contributed by atoms with Gasteiger partial charge in [-0.15, -0.1) is 0 Å². The van der Waals surface area contributed by atoms with E-state index in [0.29, 0.717) is 48.8 Å². The molecule has 0 aliphatic carbocycles. The lowest BCUT2D eigenvalue weighted by Crippen LogP contribution is -2.40. The fourth-order valence-corrected chi connectivity index (χ4v) is 2.98. The molecular weight excluding hydrogens is 373 g/mol. The van der Waals surface area contributed by atoms with Crippen molar-refractivity contribution >= 4 is 6.09 Å². The maximum atomic E-state index is 14.0. The van der Waals surface area contributed by atoms with Crippen molar-refractivity contribution in [1.29, 1.82) is 0 Å². The van der Waals surface area contributed by atoms with Crippen LogP contribution >= 0.6 is 0 Å². The summed E-state index contributed by atoms with van der Waals surface area (Å²) in [7, 11) is 0. The molecule has 0 saturated heterocycles. The lowest BCUT2D eigenvalue weighted by atomic mass is 10.1. The van der Waals surface area contributed by atoms with Crippen LogP contribution in [0, 0.1) is 5.82 Å². The molecule has 1 aliphatic rings. The zero-order chi connectivity index (χ0) is 21.6. The summed E-state index contributed by atoms with van der Waals surface area (Å²) >= 11 is 0. The van der Waals surface area contributed by atoms with Crippen molar-refractivity contribution in [2.75, 3.05) is 6.54 Å². The highest BCUT2D eigenvalue weighted by Crippen LogP contribution is 2.31. The molecule has 0 radical (unpaired) electrons. The molecule has 3 rings (SSSR count). The first kappa shape index (κ1) is 22.6. The predicted octanol–water partition coefficient (Wildman–Crippen LogP) is 5.29. The lowest BCUT2D eigenvalue weighted by Gasteiger charge is -2.31. The third-order valence-electron chi connectivity index (χ3n) is 4.26. The van der Waals surface area contributed by atoms with Crippen LogP contribution in [0.1, 0.15) is 58.4 Å². The van der Waals surface area contributed by atoms with Crippen LogP contribution in [0.2, 0.25) is 0 Å². The summed E-state index contributed by atoms with van der Waals surface area (Å²) in [5.41, 5.74) is 1.51. The van der Waals surface area contributed by atoms with E-state index < -0.39 is 5.60 Å². The molecule has 1 aromatic carbocycles. The summed E-state index contributed by atoms with van der Waals surface area (Å²) in [4.78, 5) is 22.5. The zero-order valence-corrected chi connectivity index (χ0v) is 18.1. The number of amides is 1. The first-order chi connectivity index (χ1) is 13.8. The van der Waals surface area contributed by atoms with Crippen molar-refractivity contribution in [3.63, 3.8) is 0 Å². The van der Waals surface area contributed by atoms with E-state index in [1.807, 2.05) is 41.5 Å². The predicted molar refractivity (Wildman–Crippen MR) is 110 cm³/mol. The molecule has 7 heteroatoms. The number of fused-ring (bicyclic) bond motifs is 1. The van der Waals surface area contributed by atoms with Gasteiger partial charge in [0.2, 0.25) is 5.88 Å². The average Bonchev–Trinajstić information content (AvgIpc) is 2.68. The quantitative estimate of drug-likeness (QED) is 0.697. The Kier molecular flexibility index (Phi) is 7.53. The van der Waals surface area contributed by atoms with Gasteiger partial charge in [-0.3, -0.25) is 0 Å². The Hall–Kier alpha value is -2.70. The van der Waals surface area contributed by atoms with E-state index in [1.165, 1.54) is 12.4 Å². The molecular formula is C22H30FN3O3. The summed E-state index contributed by atoms with van der Waals surface area (Å²) in [6.45, 7) is 12.2. The third-order valence-corrected chi connectivity index (χ3v) is 4.26. The SMILES string of the molecule is CC.CCc1c(F)cccc1Oc1ncnc2c1CCN(C(=O)OC(C)(C)C)C2. The van der Waals surface area contributed by atoms with E-state index in [1.54, 1.807) is 17.0 Å². The summed E-state index contributed by atoms with van der Waals surface area (Å²) in [5, 5.41) is 0. The van der Waals surface area contributed by atoms with Gasteiger partial charge in [-0.25, -0.2) is 19.2 Å². The number of rotatable bonds is 3. The van der Waals surface area contributed by atoms with E-state index in [2.05, 4.69) is 9.97 Å². The summed E-state index contributed by atoms with van der Waals surface area (Å²) in [6.07, 6.45) is 2.09. The maximum absolute atomic E-state index is 14.0. The van der Waals surface area contributed by atoms with E-state index >= 15 is 0 Å². The van der Waals surface area contributed by atoms with Crippen molar-refractivity contribution in [2.24, 2.45) is 0 Å². The Labute approximate surface area is 172 Å². The van der Waals surface area contributed by atoms with Gasteiger partial charge < -0.3 is 14.4 Å². The summed E-state index contributed by atoms with van der Waals surface area (Å²) in [6, 6.07) is 4.76. The molecule has 0 spiro atoms. The normalized spacial score (nSPS) is 13.1. The summed E-state index contributed by atoms with van der Waals surface area (Å²) < 4.78 is 25.4. The molecule has 0 N–H and O–H groups in total. The highest BCUT2D eigenvalue weighted by molar-refractivity contribution is 5.68. The highest BCUT2D eigenvalue weighted by atomic mass is 19.1. The van der Waals surface area contributed by atoms with Crippen molar-refractivity contribution in [2.45, 2.75) is 66.5 Å². The molecule has 0 fully saturated rings. The smallest absolute Gasteiger partial charge is 0.410 e. The molecule has 0 saturated carbocycles. The van der Waals surface area contributed by atoms with Crippen molar-refractivity contribution in [3.8, 4) is 11.6 Å². The molecule has 2 aromatic rings. The van der Waals surface area contributed by atoms with Gasteiger partial charge in [0.05, 0.1) is 12.2 Å². The van der Waals surface area contributed by atoms with Crippen LogP contribution < -0.4 is 4.74 Å². The zero-order valence-electron chi connectivity index (χ0n) is 18.1. The second-order valence-electron chi connectivity index (χ2n) is 7.43. The van der Waals surface area contributed by atoms with Gasteiger partial charge in [-0.05, 0) is 45.7 Å². The molecule has 0 unspecified atom stereocenters. The van der Waals surface area contributed by atoms with Crippen molar-refractivity contribution in [3.05, 3.63) is 47.2 Å². The van der Waals surface area contributed by atoms with Crippen LogP contribution in [0.4, 0.5) is 9.18 Å². The highest BCUT2D eigenvalue weighted by Gasteiger charge is 2.28. The number of halogens is 1. The van der Waals surface area contributed by atoms with Crippen LogP contribution in [0.25, 0.3) is 0 Å². The first-order valence-electron chi connectivity index (χ1n) is 10.0. The first-order valence-corrected chi connectivity index (χ1v) is 10.0. The second-order valence-corrected chi connectivity index (χ2v) is 7.43. The van der Waals surface area contributed by atoms with Crippen LogP contribution in [0.5, 0.6) is 11.6 Å². The van der Waals surface area contributed by atoms with E-state index in [-0.39, 0.29) is 11.9 Å². The molecule has 1 aromatic heterocycles. The van der Waals surface area contributed by atoms with Gasteiger partial charge in [0.1, 0.15) is 23.5 Å². The van der Waals surface area contributed by atoms with Crippen LogP contribution in [-0.2, 0) is 24.1 Å². The Morgan fingerprint density at radius 1 is 1.24 bits per heavy atom. The van der Waals surface area contributed by atoms with Crippen LogP contribution in [0.3, 0.4) is 0 Å². The van der Waals surface area contributed by atoms with Gasteiger partial charge in [0.15, 0.2) is 0 Å². The maximum Gasteiger partial charge on any atom is 0.410 e.